The predicted molar refractivity (Wildman–Crippen MR) is 71.1 cm³/mol. The monoisotopic (exact) mass is 261 g/mol. The smallest absolute Gasteiger partial charge is 0.231 e. The molecule has 18 heavy (non-hydrogen) atoms. The Labute approximate surface area is 109 Å². The highest BCUT2D eigenvalue weighted by atomic mass is 16.6. The van der Waals surface area contributed by atoms with Gasteiger partial charge < -0.3 is 10.2 Å². The van der Waals surface area contributed by atoms with E-state index in [1.54, 1.807) is 0 Å². The van der Waals surface area contributed by atoms with Crippen molar-refractivity contribution in [2.75, 3.05) is 6.54 Å². The van der Waals surface area contributed by atoms with Crippen molar-refractivity contribution in [3.05, 3.63) is 10.1 Å². The number of hydrogen-bond acceptors (Lipinski definition) is 4. The standard InChI is InChI=1S/C13H27NO4/c1-2-3-4-5-6-7-8-9-10-12(15)13(16)11-14(17)18/h12-13,15-16H,2-11H2,1H3/t12-,13+/m1/s1. The third kappa shape index (κ3) is 10.5. The number of aliphatic hydroxyl groups is 2. The summed E-state index contributed by atoms with van der Waals surface area (Å²) in [7, 11) is 0. The highest BCUT2D eigenvalue weighted by Gasteiger charge is 2.20. The highest BCUT2D eigenvalue weighted by molar-refractivity contribution is 4.66. The Morgan fingerprint density at radius 3 is 1.94 bits per heavy atom. The number of unbranched alkanes of at least 4 members (excludes halogenated alkanes) is 7. The van der Waals surface area contributed by atoms with Gasteiger partial charge >= 0.3 is 0 Å². The van der Waals surface area contributed by atoms with E-state index in [1.807, 2.05) is 0 Å². The predicted octanol–water partition coefficient (Wildman–Crippen LogP) is 2.52. The van der Waals surface area contributed by atoms with Gasteiger partial charge in [0.1, 0.15) is 6.10 Å². The first-order valence-corrected chi connectivity index (χ1v) is 7.05. The van der Waals surface area contributed by atoms with E-state index in [0.29, 0.717) is 6.42 Å². The van der Waals surface area contributed by atoms with E-state index in [-0.39, 0.29) is 0 Å². The fourth-order valence-electron chi connectivity index (χ4n) is 1.95. The minimum absolute atomic E-state index is 0.448. The topological polar surface area (TPSA) is 83.6 Å². The summed E-state index contributed by atoms with van der Waals surface area (Å²) in [5.41, 5.74) is 0. The van der Waals surface area contributed by atoms with Crippen molar-refractivity contribution in [3.8, 4) is 0 Å². The fourth-order valence-corrected chi connectivity index (χ4v) is 1.95. The molecule has 0 aromatic rings. The van der Waals surface area contributed by atoms with Gasteiger partial charge in [0.05, 0.1) is 6.10 Å². The van der Waals surface area contributed by atoms with E-state index in [0.717, 1.165) is 19.3 Å². The highest BCUT2D eigenvalue weighted by Crippen LogP contribution is 2.11. The Balaban J connectivity index is 3.34. The summed E-state index contributed by atoms with van der Waals surface area (Å²) in [6.45, 7) is 1.62. The number of aliphatic hydroxyl groups excluding tert-OH is 2. The van der Waals surface area contributed by atoms with Gasteiger partial charge in [0.2, 0.25) is 6.54 Å². The lowest BCUT2D eigenvalue weighted by Crippen LogP contribution is -2.32. The van der Waals surface area contributed by atoms with Crippen LogP contribution in [0.2, 0.25) is 0 Å². The lowest BCUT2D eigenvalue weighted by atomic mass is 10.0. The van der Waals surface area contributed by atoms with Gasteiger partial charge in [0, 0.05) is 4.92 Å². The Kier molecular flexibility index (Phi) is 11.0. The van der Waals surface area contributed by atoms with Gasteiger partial charge in [-0.25, -0.2) is 0 Å². The van der Waals surface area contributed by atoms with Crippen molar-refractivity contribution in [3.63, 3.8) is 0 Å². The molecule has 2 N–H and O–H groups in total. The maximum absolute atomic E-state index is 10.2. The second-order valence-electron chi connectivity index (χ2n) is 4.91. The molecule has 0 aliphatic rings. The van der Waals surface area contributed by atoms with Crippen LogP contribution in [0.4, 0.5) is 0 Å². The largest absolute Gasteiger partial charge is 0.390 e. The second-order valence-corrected chi connectivity index (χ2v) is 4.91. The molecule has 5 nitrogen and oxygen atoms in total. The van der Waals surface area contributed by atoms with Crippen LogP contribution in [0, 0.1) is 10.1 Å². The summed E-state index contributed by atoms with van der Waals surface area (Å²) in [4.78, 5) is 9.55. The van der Waals surface area contributed by atoms with E-state index in [1.165, 1.54) is 32.1 Å². The quantitative estimate of drug-likeness (QED) is 0.321. The van der Waals surface area contributed by atoms with E-state index in [2.05, 4.69) is 6.92 Å². The minimum Gasteiger partial charge on any atom is -0.390 e. The molecule has 5 heteroatoms. The van der Waals surface area contributed by atoms with Crippen molar-refractivity contribution < 1.29 is 15.1 Å². The molecule has 0 spiro atoms. The van der Waals surface area contributed by atoms with Crippen molar-refractivity contribution in [1.29, 1.82) is 0 Å². The maximum Gasteiger partial charge on any atom is 0.231 e. The Morgan fingerprint density at radius 1 is 0.944 bits per heavy atom. The normalized spacial score (nSPS) is 14.4. The van der Waals surface area contributed by atoms with Crippen LogP contribution in [0.5, 0.6) is 0 Å². The molecule has 0 saturated heterocycles. The van der Waals surface area contributed by atoms with Crippen molar-refractivity contribution >= 4 is 0 Å². The molecular formula is C13H27NO4. The minimum atomic E-state index is -1.23. The molecule has 0 saturated carbocycles. The molecule has 0 aromatic heterocycles. The van der Waals surface area contributed by atoms with Crippen LogP contribution >= 0.6 is 0 Å². The maximum atomic E-state index is 10.2. The number of hydrogen-bond donors (Lipinski definition) is 2. The Morgan fingerprint density at radius 2 is 1.44 bits per heavy atom. The summed E-state index contributed by atoms with van der Waals surface area (Å²) < 4.78 is 0. The summed E-state index contributed by atoms with van der Waals surface area (Å²) in [6, 6.07) is 0. The van der Waals surface area contributed by atoms with Crippen molar-refractivity contribution in [2.45, 2.75) is 76.9 Å². The first-order valence-electron chi connectivity index (χ1n) is 7.05. The average molecular weight is 261 g/mol. The summed E-state index contributed by atoms with van der Waals surface area (Å²) >= 11 is 0. The molecule has 0 fully saturated rings. The van der Waals surface area contributed by atoms with E-state index >= 15 is 0 Å². The van der Waals surface area contributed by atoms with Crippen molar-refractivity contribution in [1.82, 2.24) is 0 Å². The van der Waals surface area contributed by atoms with Crippen LogP contribution in [0.1, 0.15) is 64.7 Å². The van der Waals surface area contributed by atoms with Crippen LogP contribution in [0.3, 0.4) is 0 Å². The summed E-state index contributed by atoms with van der Waals surface area (Å²) in [5, 5.41) is 28.9. The zero-order valence-electron chi connectivity index (χ0n) is 11.4. The molecule has 0 amide bonds. The third-order valence-corrected chi connectivity index (χ3v) is 3.13. The zero-order valence-corrected chi connectivity index (χ0v) is 11.4. The Hall–Kier alpha value is -0.680. The second kappa shape index (κ2) is 11.4. The van der Waals surface area contributed by atoms with Gasteiger partial charge in [-0.3, -0.25) is 10.1 Å². The van der Waals surface area contributed by atoms with Crippen molar-refractivity contribution in [2.24, 2.45) is 0 Å². The van der Waals surface area contributed by atoms with Gasteiger partial charge in [-0.15, -0.1) is 0 Å². The number of rotatable bonds is 12. The van der Waals surface area contributed by atoms with Crippen LogP contribution in [-0.4, -0.2) is 33.9 Å². The fraction of sp³-hybridized carbons (Fsp3) is 1.00. The number of nitrogens with zero attached hydrogens (tertiary/aromatic N) is 1. The van der Waals surface area contributed by atoms with Crippen LogP contribution in [0.15, 0.2) is 0 Å². The van der Waals surface area contributed by atoms with Gasteiger partial charge in [-0.1, -0.05) is 58.3 Å². The third-order valence-electron chi connectivity index (χ3n) is 3.13. The molecule has 108 valence electrons. The van der Waals surface area contributed by atoms with E-state index in [4.69, 9.17) is 0 Å². The molecule has 2 atom stereocenters. The van der Waals surface area contributed by atoms with E-state index in [9.17, 15) is 20.3 Å². The lowest BCUT2D eigenvalue weighted by molar-refractivity contribution is -0.492. The van der Waals surface area contributed by atoms with Gasteiger partial charge in [0.15, 0.2) is 0 Å². The van der Waals surface area contributed by atoms with Crippen LogP contribution in [-0.2, 0) is 0 Å². The molecule has 0 rings (SSSR count). The molecule has 0 aromatic carbocycles. The van der Waals surface area contributed by atoms with Crippen LogP contribution < -0.4 is 0 Å². The molecule has 0 heterocycles. The summed E-state index contributed by atoms with van der Waals surface area (Å²) in [5.74, 6) is 0. The molecule has 0 unspecified atom stereocenters. The molecular weight excluding hydrogens is 234 g/mol. The first-order chi connectivity index (χ1) is 8.57. The molecule has 0 radical (unpaired) electrons. The zero-order chi connectivity index (χ0) is 13.8. The molecule has 0 bridgehead atoms. The van der Waals surface area contributed by atoms with Gasteiger partial charge in [0.25, 0.3) is 0 Å². The van der Waals surface area contributed by atoms with E-state index < -0.39 is 23.7 Å². The first kappa shape index (κ1) is 17.3. The number of nitro groups is 1. The van der Waals surface area contributed by atoms with Crippen LogP contribution in [0.25, 0.3) is 0 Å². The molecule has 0 aliphatic heterocycles. The summed E-state index contributed by atoms with van der Waals surface area (Å²) in [6.07, 6.45) is 7.56. The van der Waals surface area contributed by atoms with Gasteiger partial charge in [-0.05, 0) is 6.42 Å². The lowest BCUT2D eigenvalue weighted by Gasteiger charge is -2.13. The SMILES string of the molecule is CCCCCCCCCC[C@@H](O)[C@@H](O)C[N+](=O)[O-]. The Bertz CT molecular complexity index is 211. The average Bonchev–Trinajstić information content (AvgIpc) is 2.31. The van der Waals surface area contributed by atoms with Gasteiger partial charge in [-0.2, -0.15) is 0 Å². The molecule has 0 aliphatic carbocycles.